The number of carbonyl (C=O) groups is 2. The van der Waals surface area contributed by atoms with E-state index in [1.807, 2.05) is 18.2 Å². The van der Waals surface area contributed by atoms with Crippen molar-refractivity contribution in [3.05, 3.63) is 63.8 Å². The first kappa shape index (κ1) is 20.7. The smallest absolute Gasteiger partial charge is 0.407 e. The predicted octanol–water partition coefficient (Wildman–Crippen LogP) is 4.65. The maximum Gasteiger partial charge on any atom is 0.407 e. The van der Waals surface area contributed by atoms with E-state index in [9.17, 15) is 9.59 Å². The first-order valence-electron chi connectivity index (χ1n) is 8.99. The molecular formula is C21H20BrNO6. The van der Waals surface area contributed by atoms with Gasteiger partial charge in [-0.05, 0) is 58.2 Å². The summed E-state index contributed by atoms with van der Waals surface area (Å²) in [7, 11) is 0. The first-order valence-corrected chi connectivity index (χ1v) is 9.78. The van der Waals surface area contributed by atoms with Crippen molar-refractivity contribution in [1.29, 1.82) is 0 Å². The number of ether oxygens (including phenoxy) is 2. The van der Waals surface area contributed by atoms with E-state index < -0.39 is 12.1 Å². The van der Waals surface area contributed by atoms with Crippen LogP contribution in [-0.4, -0.2) is 23.8 Å². The summed E-state index contributed by atoms with van der Waals surface area (Å²) in [5.41, 5.74) is 2.99. The van der Waals surface area contributed by atoms with E-state index in [0.29, 0.717) is 11.3 Å². The largest absolute Gasteiger partial charge is 0.489 e. The molecule has 2 N–H and O–H groups in total. The Labute approximate surface area is 175 Å². The molecule has 1 heterocycles. The Morgan fingerprint density at radius 2 is 2.00 bits per heavy atom. The van der Waals surface area contributed by atoms with E-state index in [1.54, 1.807) is 31.4 Å². The molecule has 0 saturated heterocycles. The van der Waals surface area contributed by atoms with Gasteiger partial charge in [-0.1, -0.05) is 12.1 Å². The van der Waals surface area contributed by atoms with Gasteiger partial charge < -0.3 is 24.3 Å². The number of carbonyl (C=O) groups excluding carboxylic acids is 1. The van der Waals surface area contributed by atoms with Crippen LogP contribution in [0.15, 0.2) is 51.6 Å². The number of alkyl carbamates (subject to hydrolysis) is 1. The third kappa shape index (κ3) is 5.51. The number of carboxylic acids is 1. The molecule has 0 fully saturated rings. The van der Waals surface area contributed by atoms with Gasteiger partial charge in [0.25, 0.3) is 0 Å². The number of hydrogen-bond donors (Lipinski definition) is 2. The Balaban J connectivity index is 1.77. The Morgan fingerprint density at radius 1 is 1.17 bits per heavy atom. The highest BCUT2D eigenvalue weighted by atomic mass is 79.9. The molecule has 3 rings (SSSR count). The van der Waals surface area contributed by atoms with E-state index >= 15 is 0 Å². The van der Waals surface area contributed by atoms with Crippen molar-refractivity contribution in [1.82, 2.24) is 5.32 Å². The quantitative estimate of drug-likeness (QED) is 0.506. The van der Waals surface area contributed by atoms with E-state index in [-0.39, 0.29) is 26.2 Å². The monoisotopic (exact) mass is 461 g/mol. The zero-order valence-electron chi connectivity index (χ0n) is 15.7. The summed E-state index contributed by atoms with van der Waals surface area (Å²) >= 11 is 3.48. The summed E-state index contributed by atoms with van der Waals surface area (Å²) < 4.78 is 17.0. The van der Waals surface area contributed by atoms with Crippen LogP contribution in [0.25, 0.3) is 11.0 Å². The summed E-state index contributed by atoms with van der Waals surface area (Å²) in [6.45, 7) is 2.51. The molecule has 0 aliphatic carbocycles. The zero-order chi connectivity index (χ0) is 20.8. The molecule has 1 aromatic heterocycles. The molecular weight excluding hydrogens is 442 g/mol. The Bertz CT molecular complexity index is 1030. The zero-order valence-corrected chi connectivity index (χ0v) is 17.3. The van der Waals surface area contributed by atoms with Gasteiger partial charge in [0.1, 0.15) is 17.9 Å². The highest BCUT2D eigenvalue weighted by Gasteiger charge is 2.12. The van der Waals surface area contributed by atoms with Crippen LogP contribution in [0.1, 0.15) is 23.6 Å². The maximum absolute atomic E-state index is 11.5. The first-order chi connectivity index (χ1) is 14.0. The Hall–Kier alpha value is -3.00. The molecule has 152 valence electrons. The van der Waals surface area contributed by atoms with Gasteiger partial charge in [-0.25, -0.2) is 4.79 Å². The van der Waals surface area contributed by atoms with E-state index in [0.717, 1.165) is 26.6 Å². The predicted molar refractivity (Wildman–Crippen MR) is 110 cm³/mol. The molecule has 2 aromatic carbocycles. The number of halogens is 1. The molecule has 3 aromatic rings. The molecule has 0 unspecified atom stereocenters. The second kappa shape index (κ2) is 9.47. The summed E-state index contributed by atoms with van der Waals surface area (Å²) in [6, 6.07) is 10.9. The molecule has 8 heteroatoms. The number of fused-ring (bicyclic) bond motifs is 1. The number of carboxylic acid groups (broad SMARTS) is 1. The number of benzene rings is 2. The fourth-order valence-corrected chi connectivity index (χ4v) is 3.47. The highest BCUT2D eigenvalue weighted by molar-refractivity contribution is 9.10. The van der Waals surface area contributed by atoms with Crippen LogP contribution in [-0.2, 0) is 29.1 Å². The van der Waals surface area contributed by atoms with Gasteiger partial charge in [0.15, 0.2) is 0 Å². The normalized spacial score (nSPS) is 10.7. The molecule has 1 amide bonds. The number of hydrogen-bond acceptors (Lipinski definition) is 5. The van der Waals surface area contributed by atoms with Crippen molar-refractivity contribution < 1.29 is 28.6 Å². The molecule has 0 bridgehead atoms. The fourth-order valence-electron chi connectivity index (χ4n) is 2.85. The molecule has 0 saturated carbocycles. The lowest BCUT2D eigenvalue weighted by atomic mass is 10.1. The lowest BCUT2D eigenvalue weighted by Gasteiger charge is -2.13. The van der Waals surface area contributed by atoms with Gasteiger partial charge in [-0.2, -0.15) is 0 Å². The summed E-state index contributed by atoms with van der Waals surface area (Å²) in [5, 5.41) is 12.7. The van der Waals surface area contributed by atoms with Crippen molar-refractivity contribution in [2.45, 2.75) is 26.5 Å². The van der Waals surface area contributed by atoms with Crippen LogP contribution < -0.4 is 10.1 Å². The highest BCUT2D eigenvalue weighted by Crippen LogP contribution is 2.28. The average Bonchev–Trinajstić information content (AvgIpc) is 3.15. The second-order valence-corrected chi connectivity index (χ2v) is 7.15. The van der Waals surface area contributed by atoms with Crippen molar-refractivity contribution in [2.24, 2.45) is 0 Å². The molecule has 0 aliphatic rings. The Kier molecular flexibility index (Phi) is 6.77. The molecule has 7 nitrogen and oxygen atoms in total. The van der Waals surface area contributed by atoms with Crippen LogP contribution in [0.4, 0.5) is 4.79 Å². The van der Waals surface area contributed by atoms with Gasteiger partial charge in [0.05, 0.1) is 23.8 Å². The van der Waals surface area contributed by atoms with Gasteiger partial charge in [0.2, 0.25) is 0 Å². The number of aliphatic carboxylic acids is 1. The Morgan fingerprint density at radius 3 is 2.76 bits per heavy atom. The van der Waals surface area contributed by atoms with Crippen LogP contribution in [0.2, 0.25) is 0 Å². The second-order valence-electron chi connectivity index (χ2n) is 6.29. The van der Waals surface area contributed by atoms with E-state index in [1.165, 1.54) is 0 Å². The van der Waals surface area contributed by atoms with Crippen molar-refractivity contribution >= 4 is 39.0 Å². The third-order valence-corrected chi connectivity index (χ3v) is 4.73. The number of furan rings is 1. The molecule has 0 radical (unpaired) electrons. The van der Waals surface area contributed by atoms with Crippen molar-refractivity contribution in [3.8, 4) is 5.75 Å². The van der Waals surface area contributed by atoms with Gasteiger partial charge in [-0.15, -0.1) is 0 Å². The van der Waals surface area contributed by atoms with Gasteiger partial charge in [-0.3, -0.25) is 4.79 Å². The summed E-state index contributed by atoms with van der Waals surface area (Å²) in [6.07, 6.45) is 0.944. The average molecular weight is 462 g/mol. The number of nitrogens with one attached hydrogen (secondary N) is 1. The van der Waals surface area contributed by atoms with E-state index in [4.69, 9.17) is 19.0 Å². The lowest BCUT2D eigenvalue weighted by molar-refractivity contribution is -0.136. The van der Waals surface area contributed by atoms with Gasteiger partial charge >= 0.3 is 12.1 Å². The maximum atomic E-state index is 11.5. The van der Waals surface area contributed by atoms with Crippen molar-refractivity contribution in [2.75, 3.05) is 6.61 Å². The number of rotatable bonds is 8. The SMILES string of the molecule is CCOC(=O)NCc1ccc(CC(=O)O)c(OCc2cc(Br)c3occc3c2)c1. The molecule has 29 heavy (non-hydrogen) atoms. The summed E-state index contributed by atoms with van der Waals surface area (Å²) in [4.78, 5) is 22.7. The molecule has 0 aliphatic heterocycles. The standard InChI is InChI=1S/C21H20BrNO6/c1-2-27-21(26)23-11-13-3-4-15(10-19(24)25)18(9-13)29-12-14-7-16-5-6-28-20(16)17(22)8-14/h3-9H,2,10-12H2,1H3,(H,23,26)(H,24,25). The van der Waals surface area contributed by atoms with Crippen LogP contribution in [0, 0.1) is 0 Å². The van der Waals surface area contributed by atoms with E-state index in [2.05, 4.69) is 21.2 Å². The third-order valence-electron chi connectivity index (χ3n) is 4.15. The van der Waals surface area contributed by atoms with Crippen LogP contribution in [0.5, 0.6) is 5.75 Å². The lowest BCUT2D eigenvalue weighted by Crippen LogP contribution is -2.23. The molecule has 0 atom stereocenters. The number of amides is 1. The topological polar surface area (TPSA) is 98.0 Å². The minimum Gasteiger partial charge on any atom is -0.489 e. The van der Waals surface area contributed by atoms with Crippen LogP contribution >= 0.6 is 15.9 Å². The van der Waals surface area contributed by atoms with Gasteiger partial charge in [0, 0.05) is 17.5 Å². The minimum atomic E-state index is -0.949. The summed E-state index contributed by atoms with van der Waals surface area (Å²) in [5.74, 6) is -0.492. The van der Waals surface area contributed by atoms with Crippen LogP contribution in [0.3, 0.4) is 0 Å². The van der Waals surface area contributed by atoms with Crippen molar-refractivity contribution in [3.63, 3.8) is 0 Å². The molecule has 0 spiro atoms. The minimum absolute atomic E-state index is 0.161. The fraction of sp³-hybridized carbons (Fsp3) is 0.238.